The van der Waals surface area contributed by atoms with Gasteiger partial charge < -0.3 is 4.74 Å². The average molecular weight is 411 g/mol. The van der Waals surface area contributed by atoms with Gasteiger partial charge in [0.2, 0.25) is 0 Å². The highest BCUT2D eigenvalue weighted by Gasteiger charge is 2.08. The topological polar surface area (TPSA) is 50.7 Å². The first-order chi connectivity index (χ1) is 12.7. The number of benzene rings is 3. The fourth-order valence-electron chi connectivity index (χ4n) is 2.60. The largest absolute Gasteiger partial charge is 0.493 e. The number of rotatable bonds is 6. The Labute approximate surface area is 161 Å². The normalized spacial score (nSPS) is 11.0. The molecule has 0 radical (unpaired) electrons. The van der Waals surface area contributed by atoms with Crippen LogP contribution in [0.25, 0.3) is 10.8 Å². The Balaban J connectivity index is 1.86. The van der Waals surface area contributed by atoms with Crippen molar-refractivity contribution in [2.75, 3.05) is 6.61 Å². The molecule has 0 bridgehead atoms. The molecule has 3 aromatic carbocycles. The highest BCUT2D eigenvalue weighted by molar-refractivity contribution is 9.10. The Morgan fingerprint density at radius 1 is 1.15 bits per heavy atom. The zero-order chi connectivity index (χ0) is 18.4. The molecule has 0 aromatic heterocycles. The molecule has 0 aliphatic heterocycles. The summed E-state index contributed by atoms with van der Waals surface area (Å²) >= 11 is 3.36. The standard InChI is InChI=1S/C21H19BrN2O2/c1-2-12-26-20-11-10-15-6-3-4-9-18(15)19(20)14-23-24-21(25)16-7-5-8-17(22)13-16/h3-11,13-14H,2,12H2,1H3,(H,24,25)/b23-14+. The third-order valence-electron chi connectivity index (χ3n) is 3.84. The summed E-state index contributed by atoms with van der Waals surface area (Å²) < 4.78 is 6.69. The fraction of sp³-hybridized carbons (Fsp3) is 0.143. The molecule has 3 aromatic rings. The van der Waals surface area contributed by atoms with Gasteiger partial charge >= 0.3 is 0 Å². The number of carbonyl (C=O) groups is 1. The van der Waals surface area contributed by atoms with Crippen LogP contribution >= 0.6 is 15.9 Å². The lowest BCUT2D eigenvalue weighted by atomic mass is 10.0. The molecule has 0 fully saturated rings. The summed E-state index contributed by atoms with van der Waals surface area (Å²) in [6.07, 6.45) is 2.56. The van der Waals surface area contributed by atoms with Crippen LogP contribution in [0.15, 0.2) is 70.2 Å². The minimum atomic E-state index is -0.265. The number of fused-ring (bicyclic) bond motifs is 1. The molecule has 0 atom stereocenters. The highest BCUT2D eigenvalue weighted by atomic mass is 79.9. The SMILES string of the molecule is CCCOc1ccc2ccccc2c1/C=N/NC(=O)c1cccc(Br)c1. The smallest absolute Gasteiger partial charge is 0.271 e. The van der Waals surface area contributed by atoms with E-state index in [1.807, 2.05) is 48.5 Å². The molecule has 0 saturated heterocycles. The molecule has 0 aliphatic carbocycles. The summed E-state index contributed by atoms with van der Waals surface area (Å²) in [4.78, 5) is 12.2. The number of hydrazone groups is 1. The average Bonchev–Trinajstić information content (AvgIpc) is 2.67. The second-order valence-electron chi connectivity index (χ2n) is 5.76. The number of halogens is 1. The van der Waals surface area contributed by atoms with E-state index < -0.39 is 0 Å². The molecule has 0 aliphatic rings. The summed E-state index contributed by atoms with van der Waals surface area (Å²) in [6, 6.07) is 19.2. The van der Waals surface area contributed by atoms with Crippen LogP contribution in [0.1, 0.15) is 29.3 Å². The zero-order valence-electron chi connectivity index (χ0n) is 14.4. The second kappa shape index (κ2) is 8.63. The van der Waals surface area contributed by atoms with Gasteiger partial charge in [-0.25, -0.2) is 5.43 Å². The van der Waals surface area contributed by atoms with Gasteiger partial charge in [0.1, 0.15) is 5.75 Å². The highest BCUT2D eigenvalue weighted by Crippen LogP contribution is 2.26. The number of hydrogen-bond donors (Lipinski definition) is 1. The van der Waals surface area contributed by atoms with Crippen molar-refractivity contribution in [3.05, 3.63) is 76.3 Å². The molecule has 1 N–H and O–H groups in total. The first kappa shape index (κ1) is 18.1. The van der Waals surface area contributed by atoms with Gasteiger partial charge in [-0.15, -0.1) is 0 Å². The number of hydrogen-bond acceptors (Lipinski definition) is 3. The number of amides is 1. The van der Waals surface area contributed by atoms with E-state index in [2.05, 4.69) is 33.4 Å². The van der Waals surface area contributed by atoms with Gasteiger partial charge in [-0.2, -0.15) is 5.10 Å². The minimum Gasteiger partial charge on any atom is -0.493 e. The van der Waals surface area contributed by atoms with E-state index in [1.54, 1.807) is 18.3 Å². The van der Waals surface area contributed by atoms with Crippen molar-refractivity contribution in [2.24, 2.45) is 5.10 Å². The van der Waals surface area contributed by atoms with Crippen molar-refractivity contribution in [1.82, 2.24) is 5.43 Å². The van der Waals surface area contributed by atoms with Crippen LogP contribution in [0.3, 0.4) is 0 Å². The van der Waals surface area contributed by atoms with E-state index >= 15 is 0 Å². The van der Waals surface area contributed by atoms with E-state index in [4.69, 9.17) is 4.74 Å². The first-order valence-corrected chi connectivity index (χ1v) is 9.22. The van der Waals surface area contributed by atoms with Crippen molar-refractivity contribution in [3.63, 3.8) is 0 Å². The molecule has 5 heteroatoms. The lowest BCUT2D eigenvalue weighted by Gasteiger charge is -2.11. The number of nitrogens with one attached hydrogen (secondary N) is 1. The lowest BCUT2D eigenvalue weighted by Crippen LogP contribution is -2.17. The fourth-order valence-corrected chi connectivity index (χ4v) is 3.00. The maximum absolute atomic E-state index is 12.2. The van der Waals surface area contributed by atoms with Crippen LogP contribution in [0.2, 0.25) is 0 Å². The van der Waals surface area contributed by atoms with Crippen molar-refractivity contribution < 1.29 is 9.53 Å². The Bertz CT molecular complexity index is 954. The van der Waals surface area contributed by atoms with Crippen LogP contribution in [-0.2, 0) is 0 Å². The van der Waals surface area contributed by atoms with E-state index in [0.29, 0.717) is 12.2 Å². The second-order valence-corrected chi connectivity index (χ2v) is 6.67. The summed E-state index contributed by atoms with van der Waals surface area (Å²) in [5.74, 6) is 0.491. The molecule has 0 unspecified atom stereocenters. The molecular formula is C21H19BrN2O2. The van der Waals surface area contributed by atoms with Crippen LogP contribution in [0, 0.1) is 0 Å². The summed E-state index contributed by atoms with van der Waals surface area (Å²) in [5, 5.41) is 6.27. The Hall–Kier alpha value is -2.66. The molecule has 1 amide bonds. The quantitative estimate of drug-likeness (QED) is 0.450. The van der Waals surface area contributed by atoms with Crippen molar-refractivity contribution in [1.29, 1.82) is 0 Å². The molecule has 0 heterocycles. The molecule has 3 rings (SSSR count). The van der Waals surface area contributed by atoms with Crippen LogP contribution in [0.5, 0.6) is 5.75 Å². The predicted molar refractivity (Wildman–Crippen MR) is 109 cm³/mol. The Morgan fingerprint density at radius 2 is 2.00 bits per heavy atom. The number of carbonyl (C=O) groups excluding carboxylic acids is 1. The molecule has 0 saturated carbocycles. The Morgan fingerprint density at radius 3 is 2.81 bits per heavy atom. The zero-order valence-corrected chi connectivity index (χ0v) is 16.0. The number of nitrogens with zero attached hydrogens (tertiary/aromatic N) is 1. The third-order valence-corrected chi connectivity index (χ3v) is 4.33. The van der Waals surface area contributed by atoms with Crippen LogP contribution in [-0.4, -0.2) is 18.7 Å². The minimum absolute atomic E-state index is 0.265. The van der Waals surface area contributed by atoms with Gasteiger partial charge in [-0.05, 0) is 41.5 Å². The molecule has 132 valence electrons. The maximum atomic E-state index is 12.2. The van der Waals surface area contributed by atoms with E-state index in [1.165, 1.54) is 0 Å². The van der Waals surface area contributed by atoms with Gasteiger partial charge in [0.25, 0.3) is 5.91 Å². The van der Waals surface area contributed by atoms with Gasteiger partial charge in [0.15, 0.2) is 0 Å². The van der Waals surface area contributed by atoms with E-state index in [-0.39, 0.29) is 5.91 Å². The summed E-state index contributed by atoms with van der Waals surface area (Å²) in [7, 11) is 0. The molecule has 4 nitrogen and oxygen atoms in total. The van der Waals surface area contributed by atoms with Crippen LogP contribution in [0.4, 0.5) is 0 Å². The predicted octanol–water partition coefficient (Wildman–Crippen LogP) is 5.16. The number of ether oxygens (including phenoxy) is 1. The lowest BCUT2D eigenvalue weighted by molar-refractivity contribution is 0.0955. The monoisotopic (exact) mass is 410 g/mol. The van der Waals surface area contributed by atoms with Gasteiger partial charge in [0.05, 0.1) is 12.8 Å². The summed E-state index contributed by atoms with van der Waals surface area (Å²) in [5.41, 5.74) is 3.97. The van der Waals surface area contributed by atoms with Crippen molar-refractivity contribution >= 4 is 38.8 Å². The van der Waals surface area contributed by atoms with Crippen molar-refractivity contribution in [3.8, 4) is 5.75 Å². The first-order valence-electron chi connectivity index (χ1n) is 8.42. The molecule has 26 heavy (non-hydrogen) atoms. The summed E-state index contributed by atoms with van der Waals surface area (Å²) in [6.45, 7) is 2.69. The van der Waals surface area contributed by atoms with E-state index in [0.717, 1.165) is 33.0 Å². The third kappa shape index (κ3) is 4.29. The van der Waals surface area contributed by atoms with E-state index in [9.17, 15) is 4.79 Å². The molecular weight excluding hydrogens is 392 g/mol. The van der Waals surface area contributed by atoms with Gasteiger partial charge in [0, 0.05) is 15.6 Å². The van der Waals surface area contributed by atoms with Gasteiger partial charge in [-0.3, -0.25) is 4.79 Å². The Kier molecular flexibility index (Phi) is 6.02. The van der Waals surface area contributed by atoms with Gasteiger partial charge in [-0.1, -0.05) is 59.3 Å². The maximum Gasteiger partial charge on any atom is 0.271 e. The molecule has 0 spiro atoms. The van der Waals surface area contributed by atoms with Crippen LogP contribution < -0.4 is 10.2 Å². The van der Waals surface area contributed by atoms with Crippen molar-refractivity contribution in [2.45, 2.75) is 13.3 Å².